The van der Waals surface area contributed by atoms with Gasteiger partial charge in [-0.15, -0.1) is 11.3 Å². The van der Waals surface area contributed by atoms with Crippen molar-refractivity contribution in [2.24, 2.45) is 0 Å². The number of benzene rings is 1. The number of rotatable bonds is 8. The van der Waals surface area contributed by atoms with Crippen LogP contribution in [-0.4, -0.2) is 31.5 Å². The van der Waals surface area contributed by atoms with Crippen LogP contribution in [0.15, 0.2) is 35.7 Å². The van der Waals surface area contributed by atoms with E-state index in [0.29, 0.717) is 23.7 Å². The van der Waals surface area contributed by atoms with E-state index in [4.69, 9.17) is 4.74 Å². The molecular formula is C18H23N3O3S. The Hall–Kier alpha value is -2.54. The van der Waals surface area contributed by atoms with E-state index in [1.807, 2.05) is 11.4 Å². The van der Waals surface area contributed by atoms with Crippen LogP contribution in [0, 0.1) is 0 Å². The molecule has 1 aromatic carbocycles. The Kier molecular flexibility index (Phi) is 6.82. The Morgan fingerprint density at radius 2 is 2.08 bits per heavy atom. The smallest absolute Gasteiger partial charge is 0.242 e. The van der Waals surface area contributed by atoms with E-state index in [0.717, 1.165) is 6.42 Å². The van der Waals surface area contributed by atoms with Gasteiger partial charge in [-0.1, -0.05) is 6.07 Å². The molecule has 0 bridgehead atoms. The highest BCUT2D eigenvalue weighted by Crippen LogP contribution is 2.28. The molecule has 0 unspecified atom stereocenters. The van der Waals surface area contributed by atoms with Gasteiger partial charge in [0.25, 0.3) is 0 Å². The van der Waals surface area contributed by atoms with Gasteiger partial charge in [-0.25, -0.2) is 0 Å². The van der Waals surface area contributed by atoms with Gasteiger partial charge in [-0.3, -0.25) is 9.59 Å². The van der Waals surface area contributed by atoms with Crippen LogP contribution in [0.3, 0.4) is 0 Å². The van der Waals surface area contributed by atoms with Gasteiger partial charge in [-0.2, -0.15) is 0 Å². The first kappa shape index (κ1) is 18.8. The molecule has 0 aliphatic heterocycles. The molecule has 6 nitrogen and oxygen atoms in total. The average molecular weight is 361 g/mol. The van der Waals surface area contributed by atoms with E-state index in [1.54, 1.807) is 43.6 Å². The van der Waals surface area contributed by atoms with E-state index in [1.165, 1.54) is 11.8 Å². The molecule has 0 fully saturated rings. The minimum absolute atomic E-state index is 0.0939. The zero-order chi connectivity index (χ0) is 18.2. The number of carbonyl (C=O) groups excluding carboxylic acids is 2. The average Bonchev–Trinajstić information content (AvgIpc) is 3.08. The second kappa shape index (κ2) is 9.08. The number of hydrogen-bond donors (Lipinski definition) is 3. The molecule has 2 rings (SSSR count). The molecule has 0 aliphatic rings. The topological polar surface area (TPSA) is 79.5 Å². The first-order valence-electron chi connectivity index (χ1n) is 8.02. The predicted octanol–water partition coefficient (Wildman–Crippen LogP) is 2.87. The Bertz CT molecular complexity index is 716. The highest BCUT2D eigenvalue weighted by atomic mass is 32.1. The van der Waals surface area contributed by atoms with Crippen molar-refractivity contribution in [2.45, 2.75) is 26.3 Å². The normalized spacial score (nSPS) is 11.5. The van der Waals surface area contributed by atoms with Gasteiger partial charge < -0.3 is 20.7 Å². The minimum Gasteiger partial charge on any atom is -0.495 e. The van der Waals surface area contributed by atoms with Crippen molar-refractivity contribution in [3.05, 3.63) is 40.6 Å². The number of nitrogens with one attached hydrogen (secondary N) is 3. The van der Waals surface area contributed by atoms with Crippen LogP contribution in [0.1, 0.15) is 18.7 Å². The first-order chi connectivity index (χ1) is 12.0. The lowest BCUT2D eigenvalue weighted by atomic mass is 10.2. The second-order valence-electron chi connectivity index (χ2n) is 5.58. The van der Waals surface area contributed by atoms with Gasteiger partial charge in [-0.05, 0) is 43.0 Å². The summed E-state index contributed by atoms with van der Waals surface area (Å²) < 4.78 is 5.31. The predicted molar refractivity (Wildman–Crippen MR) is 101 cm³/mol. The summed E-state index contributed by atoms with van der Waals surface area (Å²) in [7, 11) is 1.56. The van der Waals surface area contributed by atoms with Gasteiger partial charge in [0.05, 0.1) is 12.8 Å². The zero-order valence-electron chi connectivity index (χ0n) is 14.6. The van der Waals surface area contributed by atoms with Gasteiger partial charge in [0, 0.05) is 24.0 Å². The van der Waals surface area contributed by atoms with Crippen LogP contribution in [0.4, 0.5) is 11.4 Å². The van der Waals surface area contributed by atoms with Crippen LogP contribution < -0.4 is 20.7 Å². The quantitative estimate of drug-likeness (QED) is 0.675. The maximum atomic E-state index is 12.3. The number of hydrogen-bond acceptors (Lipinski definition) is 5. The fraction of sp³-hybridized carbons (Fsp3) is 0.333. The summed E-state index contributed by atoms with van der Waals surface area (Å²) in [6, 6.07) is 8.85. The van der Waals surface area contributed by atoms with E-state index >= 15 is 0 Å². The standard InChI is InChI=1S/C18H23N3O3S/c1-12(18(23)19-9-8-15-5-4-10-25-15)20-16-11-14(21-13(2)22)6-7-17(16)24-3/h4-7,10-12,20H,8-9H2,1-3H3,(H,19,23)(H,21,22)/t12-/m1/s1. The first-order valence-corrected chi connectivity index (χ1v) is 8.90. The molecule has 1 aromatic heterocycles. The number of methoxy groups -OCH3 is 1. The van der Waals surface area contributed by atoms with Crippen molar-refractivity contribution in [3.8, 4) is 5.75 Å². The fourth-order valence-corrected chi connectivity index (χ4v) is 3.03. The molecule has 1 atom stereocenters. The van der Waals surface area contributed by atoms with E-state index in [9.17, 15) is 9.59 Å². The summed E-state index contributed by atoms with van der Waals surface area (Å²) in [4.78, 5) is 24.7. The molecule has 2 amide bonds. The lowest BCUT2D eigenvalue weighted by Crippen LogP contribution is -2.38. The van der Waals surface area contributed by atoms with Crippen molar-refractivity contribution in [3.63, 3.8) is 0 Å². The van der Waals surface area contributed by atoms with Gasteiger partial charge in [0.1, 0.15) is 11.8 Å². The fourth-order valence-electron chi connectivity index (χ4n) is 2.32. The van der Waals surface area contributed by atoms with Crippen molar-refractivity contribution in [1.29, 1.82) is 0 Å². The molecule has 25 heavy (non-hydrogen) atoms. The molecule has 1 heterocycles. The minimum atomic E-state index is -0.440. The number of carbonyl (C=O) groups is 2. The summed E-state index contributed by atoms with van der Waals surface area (Å²) in [6.45, 7) is 3.82. The Balaban J connectivity index is 1.94. The van der Waals surface area contributed by atoms with E-state index in [2.05, 4.69) is 22.0 Å². The van der Waals surface area contributed by atoms with Gasteiger partial charge in [0.2, 0.25) is 11.8 Å². The molecule has 0 aliphatic carbocycles. The largest absolute Gasteiger partial charge is 0.495 e. The van der Waals surface area contributed by atoms with Crippen LogP contribution in [0.2, 0.25) is 0 Å². The maximum absolute atomic E-state index is 12.3. The van der Waals surface area contributed by atoms with Crippen LogP contribution in [-0.2, 0) is 16.0 Å². The molecular weight excluding hydrogens is 338 g/mol. The lowest BCUT2D eigenvalue weighted by Gasteiger charge is -2.18. The summed E-state index contributed by atoms with van der Waals surface area (Å²) in [5.41, 5.74) is 1.29. The monoisotopic (exact) mass is 361 g/mol. The van der Waals surface area contributed by atoms with Crippen LogP contribution >= 0.6 is 11.3 Å². The van der Waals surface area contributed by atoms with Gasteiger partial charge in [0.15, 0.2) is 0 Å². The molecule has 2 aromatic rings. The maximum Gasteiger partial charge on any atom is 0.242 e. The Morgan fingerprint density at radius 1 is 1.28 bits per heavy atom. The molecule has 0 saturated heterocycles. The van der Waals surface area contributed by atoms with E-state index < -0.39 is 6.04 Å². The van der Waals surface area contributed by atoms with Crippen molar-refractivity contribution >= 4 is 34.5 Å². The molecule has 0 saturated carbocycles. The molecule has 3 N–H and O–H groups in total. The second-order valence-corrected chi connectivity index (χ2v) is 6.61. The zero-order valence-corrected chi connectivity index (χ0v) is 15.4. The van der Waals surface area contributed by atoms with Crippen LogP contribution in [0.5, 0.6) is 5.75 Å². The van der Waals surface area contributed by atoms with Crippen molar-refractivity contribution in [2.75, 3.05) is 24.3 Å². The third-order valence-corrected chi connectivity index (χ3v) is 4.47. The Labute approximate surface area is 151 Å². The van der Waals surface area contributed by atoms with Gasteiger partial charge >= 0.3 is 0 Å². The highest BCUT2D eigenvalue weighted by Gasteiger charge is 2.15. The molecule has 0 spiro atoms. The number of anilines is 2. The van der Waals surface area contributed by atoms with Crippen molar-refractivity contribution in [1.82, 2.24) is 5.32 Å². The third kappa shape index (κ3) is 5.79. The molecule has 0 radical (unpaired) electrons. The van der Waals surface area contributed by atoms with Crippen LogP contribution in [0.25, 0.3) is 0 Å². The molecule has 7 heteroatoms. The van der Waals surface area contributed by atoms with E-state index in [-0.39, 0.29) is 11.8 Å². The summed E-state index contributed by atoms with van der Waals surface area (Å²) in [5, 5.41) is 10.8. The number of thiophene rings is 1. The SMILES string of the molecule is COc1ccc(NC(C)=O)cc1N[C@H](C)C(=O)NCCc1cccs1. The number of ether oxygens (including phenoxy) is 1. The third-order valence-electron chi connectivity index (χ3n) is 3.54. The molecule has 134 valence electrons. The van der Waals surface area contributed by atoms with Crippen molar-refractivity contribution < 1.29 is 14.3 Å². The summed E-state index contributed by atoms with van der Waals surface area (Å²) in [6.07, 6.45) is 0.817. The Morgan fingerprint density at radius 3 is 2.72 bits per heavy atom. The highest BCUT2D eigenvalue weighted by molar-refractivity contribution is 7.09. The summed E-state index contributed by atoms with van der Waals surface area (Å²) in [5.74, 6) is 0.353. The lowest BCUT2D eigenvalue weighted by molar-refractivity contribution is -0.121. The summed E-state index contributed by atoms with van der Waals surface area (Å²) >= 11 is 1.68. The number of amides is 2.